The third-order valence-electron chi connectivity index (χ3n) is 3.78. The Kier molecular flexibility index (Phi) is 6.45. The van der Waals surface area contributed by atoms with Crippen LogP contribution < -0.4 is 9.62 Å². The molecule has 5 nitrogen and oxygen atoms in total. The molecule has 1 N–H and O–H groups in total. The molecule has 0 aliphatic heterocycles. The van der Waals surface area contributed by atoms with E-state index in [-0.39, 0.29) is 12.5 Å². The Morgan fingerprint density at radius 2 is 1.80 bits per heavy atom. The smallest absolute Gasteiger partial charge is 0.245 e. The van der Waals surface area contributed by atoms with Crippen LogP contribution >= 0.6 is 22.6 Å². The molecule has 0 heterocycles. The number of carbonyl (C=O) groups excluding carboxylic acids is 1. The van der Waals surface area contributed by atoms with Crippen molar-refractivity contribution in [2.75, 3.05) is 22.4 Å². The first-order chi connectivity index (χ1) is 11.7. The number of sulfonamides is 1. The van der Waals surface area contributed by atoms with Gasteiger partial charge in [-0.25, -0.2) is 8.42 Å². The summed E-state index contributed by atoms with van der Waals surface area (Å²) in [5.41, 5.74) is 3.20. The molecule has 134 valence electrons. The zero-order chi connectivity index (χ0) is 18.6. The lowest BCUT2D eigenvalue weighted by Crippen LogP contribution is -2.37. The summed E-state index contributed by atoms with van der Waals surface area (Å²) < 4.78 is 26.4. The van der Waals surface area contributed by atoms with Crippen LogP contribution in [0.4, 0.5) is 11.4 Å². The van der Waals surface area contributed by atoms with Crippen molar-refractivity contribution in [2.24, 2.45) is 0 Å². The van der Waals surface area contributed by atoms with Gasteiger partial charge < -0.3 is 5.32 Å². The Labute approximate surface area is 162 Å². The number of hydrogen-bond acceptors (Lipinski definition) is 3. The number of rotatable bonds is 6. The molecule has 1 amide bonds. The SMILES string of the molecule is CCc1ccc(N(CC(=O)Nc2ccc(I)cc2C)S(C)(=O)=O)cc1. The monoisotopic (exact) mass is 472 g/mol. The normalized spacial score (nSPS) is 11.2. The molecule has 0 aliphatic carbocycles. The van der Waals surface area contributed by atoms with Gasteiger partial charge in [0, 0.05) is 9.26 Å². The van der Waals surface area contributed by atoms with Crippen molar-refractivity contribution in [1.29, 1.82) is 0 Å². The molecule has 2 rings (SSSR count). The quantitative estimate of drug-likeness (QED) is 0.654. The van der Waals surface area contributed by atoms with Crippen LogP contribution in [0.5, 0.6) is 0 Å². The lowest BCUT2D eigenvalue weighted by Gasteiger charge is -2.22. The van der Waals surface area contributed by atoms with Crippen LogP contribution in [-0.4, -0.2) is 27.1 Å². The Morgan fingerprint density at radius 3 is 2.32 bits per heavy atom. The van der Waals surface area contributed by atoms with Crippen LogP contribution in [0.2, 0.25) is 0 Å². The van der Waals surface area contributed by atoms with E-state index in [1.165, 1.54) is 0 Å². The number of hydrogen-bond donors (Lipinski definition) is 1. The molecule has 0 saturated carbocycles. The van der Waals surface area contributed by atoms with Crippen molar-refractivity contribution in [2.45, 2.75) is 20.3 Å². The van der Waals surface area contributed by atoms with E-state index in [1.807, 2.05) is 44.2 Å². The van der Waals surface area contributed by atoms with Gasteiger partial charge in [0.05, 0.1) is 11.9 Å². The first-order valence-electron chi connectivity index (χ1n) is 7.83. The van der Waals surface area contributed by atoms with Crippen LogP contribution in [0.1, 0.15) is 18.1 Å². The number of amides is 1. The minimum atomic E-state index is -3.57. The lowest BCUT2D eigenvalue weighted by molar-refractivity contribution is -0.114. The summed E-state index contributed by atoms with van der Waals surface area (Å²) in [7, 11) is -3.57. The van der Waals surface area contributed by atoms with E-state index in [0.29, 0.717) is 11.4 Å². The predicted octanol–water partition coefficient (Wildman–Crippen LogP) is 3.57. The van der Waals surface area contributed by atoms with Crippen molar-refractivity contribution in [3.8, 4) is 0 Å². The van der Waals surface area contributed by atoms with Gasteiger partial charge in [0.25, 0.3) is 0 Å². The van der Waals surface area contributed by atoms with E-state index < -0.39 is 10.0 Å². The van der Waals surface area contributed by atoms with Gasteiger partial charge in [-0.15, -0.1) is 0 Å². The Bertz CT molecular complexity index is 864. The van der Waals surface area contributed by atoms with Crippen LogP contribution in [0.15, 0.2) is 42.5 Å². The molecule has 0 spiro atoms. The molecule has 2 aromatic rings. The summed E-state index contributed by atoms with van der Waals surface area (Å²) in [5.74, 6) is -0.380. The van der Waals surface area contributed by atoms with Crippen molar-refractivity contribution in [3.05, 3.63) is 57.2 Å². The van der Waals surface area contributed by atoms with Gasteiger partial charge >= 0.3 is 0 Å². The molecule has 0 fully saturated rings. The Hall–Kier alpha value is -1.61. The topological polar surface area (TPSA) is 66.5 Å². The predicted molar refractivity (Wildman–Crippen MR) is 111 cm³/mol. The molecular weight excluding hydrogens is 451 g/mol. The van der Waals surface area contributed by atoms with E-state index in [2.05, 4.69) is 27.9 Å². The summed E-state index contributed by atoms with van der Waals surface area (Å²) in [5, 5.41) is 2.78. The van der Waals surface area contributed by atoms with E-state index in [1.54, 1.807) is 12.1 Å². The summed E-state index contributed by atoms with van der Waals surface area (Å²) in [4.78, 5) is 12.4. The lowest BCUT2D eigenvalue weighted by atomic mass is 10.1. The van der Waals surface area contributed by atoms with E-state index in [9.17, 15) is 13.2 Å². The van der Waals surface area contributed by atoms with E-state index >= 15 is 0 Å². The fourth-order valence-corrected chi connectivity index (χ4v) is 3.89. The summed E-state index contributed by atoms with van der Waals surface area (Å²) in [6, 6.07) is 12.8. The highest BCUT2D eigenvalue weighted by Gasteiger charge is 2.21. The average molecular weight is 472 g/mol. The third-order valence-corrected chi connectivity index (χ3v) is 5.59. The number of nitrogens with one attached hydrogen (secondary N) is 1. The molecule has 0 aromatic heterocycles. The van der Waals surface area contributed by atoms with Crippen molar-refractivity contribution >= 4 is 49.9 Å². The van der Waals surface area contributed by atoms with Crippen LogP contribution in [-0.2, 0) is 21.2 Å². The van der Waals surface area contributed by atoms with Gasteiger partial charge in [0.1, 0.15) is 6.54 Å². The number of nitrogens with zero attached hydrogens (tertiary/aromatic N) is 1. The molecule has 7 heteroatoms. The molecule has 25 heavy (non-hydrogen) atoms. The summed E-state index contributed by atoms with van der Waals surface area (Å²) in [6.45, 7) is 3.66. The van der Waals surface area contributed by atoms with Gasteiger partial charge in [-0.05, 0) is 77.4 Å². The highest BCUT2D eigenvalue weighted by atomic mass is 127. The number of benzene rings is 2. The molecule has 0 unspecified atom stereocenters. The first kappa shape index (κ1) is 19.7. The number of carbonyl (C=O) groups is 1. The largest absolute Gasteiger partial charge is 0.324 e. The first-order valence-corrected chi connectivity index (χ1v) is 10.8. The second kappa shape index (κ2) is 8.18. The van der Waals surface area contributed by atoms with Crippen LogP contribution in [0.3, 0.4) is 0 Å². The van der Waals surface area contributed by atoms with Gasteiger partial charge in [-0.2, -0.15) is 0 Å². The highest BCUT2D eigenvalue weighted by molar-refractivity contribution is 14.1. The molecular formula is C18H21IN2O3S. The minimum Gasteiger partial charge on any atom is -0.324 e. The van der Waals surface area contributed by atoms with Crippen molar-refractivity contribution in [1.82, 2.24) is 0 Å². The summed E-state index contributed by atoms with van der Waals surface area (Å²) >= 11 is 2.20. The second-order valence-electron chi connectivity index (χ2n) is 5.80. The van der Waals surface area contributed by atoms with Gasteiger partial charge in [0.15, 0.2) is 0 Å². The standard InChI is InChI=1S/C18H21IN2O3S/c1-4-14-5-8-16(9-6-14)21(25(3,23)24)12-18(22)20-17-10-7-15(19)11-13(17)2/h5-11H,4,12H2,1-3H3,(H,20,22). The Morgan fingerprint density at radius 1 is 1.16 bits per heavy atom. The Balaban J connectivity index is 2.20. The molecule has 0 saturated heterocycles. The number of halogens is 1. The van der Waals surface area contributed by atoms with Crippen molar-refractivity contribution in [3.63, 3.8) is 0 Å². The molecule has 0 aliphatic rings. The zero-order valence-corrected chi connectivity index (χ0v) is 17.4. The maximum atomic E-state index is 12.4. The van der Waals surface area contributed by atoms with Gasteiger partial charge in [0.2, 0.25) is 15.9 Å². The van der Waals surface area contributed by atoms with E-state index in [4.69, 9.17) is 0 Å². The van der Waals surface area contributed by atoms with Crippen LogP contribution in [0, 0.1) is 10.5 Å². The fraction of sp³-hybridized carbons (Fsp3) is 0.278. The van der Waals surface area contributed by atoms with Gasteiger partial charge in [-0.3, -0.25) is 9.10 Å². The fourth-order valence-electron chi connectivity index (χ4n) is 2.39. The number of aryl methyl sites for hydroxylation is 2. The number of anilines is 2. The molecule has 0 radical (unpaired) electrons. The molecule has 2 aromatic carbocycles. The zero-order valence-electron chi connectivity index (χ0n) is 14.4. The van der Waals surface area contributed by atoms with Gasteiger partial charge in [-0.1, -0.05) is 19.1 Å². The summed E-state index contributed by atoms with van der Waals surface area (Å²) in [6.07, 6.45) is 1.97. The highest BCUT2D eigenvalue weighted by Crippen LogP contribution is 2.20. The average Bonchev–Trinajstić information content (AvgIpc) is 2.54. The molecule has 0 bridgehead atoms. The third kappa shape index (κ3) is 5.43. The van der Waals surface area contributed by atoms with Crippen molar-refractivity contribution < 1.29 is 13.2 Å². The maximum absolute atomic E-state index is 12.4. The maximum Gasteiger partial charge on any atom is 0.245 e. The minimum absolute atomic E-state index is 0.268. The second-order valence-corrected chi connectivity index (χ2v) is 8.95. The van der Waals surface area contributed by atoms with E-state index in [0.717, 1.165) is 31.7 Å². The molecule has 0 atom stereocenters. The van der Waals surface area contributed by atoms with Crippen LogP contribution in [0.25, 0.3) is 0 Å².